The molecular formula is C16H23ClN2O3. The van der Waals surface area contributed by atoms with Gasteiger partial charge in [0.15, 0.2) is 0 Å². The number of hydrogen-bond acceptors (Lipinski definition) is 3. The number of aliphatic hydroxyl groups excluding tert-OH is 1. The molecule has 0 aliphatic carbocycles. The molecule has 0 spiro atoms. The smallest absolute Gasteiger partial charge is 0.317 e. The number of aliphatic hydroxyl groups is 1. The molecule has 6 heteroatoms. The molecule has 1 fully saturated rings. The number of likely N-dealkylation sites (tertiary alicyclic amines) is 1. The maximum atomic E-state index is 12.2. The van der Waals surface area contributed by atoms with Gasteiger partial charge in [0.1, 0.15) is 12.4 Å². The molecule has 0 bridgehead atoms. The number of nitrogens with one attached hydrogen (secondary N) is 1. The van der Waals surface area contributed by atoms with Gasteiger partial charge in [-0.3, -0.25) is 0 Å². The maximum absolute atomic E-state index is 12.2. The summed E-state index contributed by atoms with van der Waals surface area (Å²) in [6.07, 6.45) is 3.74. The largest absolute Gasteiger partial charge is 0.490 e. The zero-order valence-corrected chi connectivity index (χ0v) is 13.4. The number of para-hydroxylation sites is 1. The van der Waals surface area contributed by atoms with Crippen molar-refractivity contribution in [1.29, 1.82) is 0 Å². The van der Waals surface area contributed by atoms with Crippen molar-refractivity contribution in [3.8, 4) is 5.75 Å². The monoisotopic (exact) mass is 326 g/mol. The van der Waals surface area contributed by atoms with Crippen LogP contribution in [0.3, 0.4) is 0 Å². The standard InChI is InChI=1S/C16H23ClN2O3/c17-14-6-1-2-7-15(14)22-12-9-18-16(21)19-10-4-3-5-13(19)8-11-20/h1-2,6-7,13,20H,3-5,8-12H2,(H,18,21). The molecule has 1 aliphatic heterocycles. The number of rotatable bonds is 6. The second-order valence-corrected chi connectivity index (χ2v) is 5.77. The van der Waals surface area contributed by atoms with Gasteiger partial charge in [0.05, 0.1) is 11.6 Å². The second kappa shape index (κ2) is 8.86. The molecule has 122 valence electrons. The zero-order chi connectivity index (χ0) is 15.8. The Morgan fingerprint density at radius 2 is 2.23 bits per heavy atom. The van der Waals surface area contributed by atoms with E-state index in [-0.39, 0.29) is 18.7 Å². The number of benzene rings is 1. The Hall–Kier alpha value is -1.46. The fourth-order valence-electron chi connectivity index (χ4n) is 2.70. The van der Waals surface area contributed by atoms with Crippen LogP contribution in [-0.2, 0) is 0 Å². The third-order valence-electron chi connectivity index (χ3n) is 3.82. The molecule has 1 unspecified atom stereocenters. The van der Waals surface area contributed by atoms with Crippen molar-refractivity contribution in [3.63, 3.8) is 0 Å². The van der Waals surface area contributed by atoms with Gasteiger partial charge in [0, 0.05) is 19.2 Å². The van der Waals surface area contributed by atoms with Crippen LogP contribution in [0.4, 0.5) is 4.79 Å². The molecule has 0 radical (unpaired) electrons. The lowest BCUT2D eigenvalue weighted by molar-refractivity contribution is 0.131. The van der Waals surface area contributed by atoms with E-state index in [2.05, 4.69) is 5.32 Å². The number of ether oxygens (including phenoxy) is 1. The molecule has 5 nitrogen and oxygen atoms in total. The minimum atomic E-state index is -0.0825. The molecule has 1 saturated heterocycles. The van der Waals surface area contributed by atoms with Crippen molar-refractivity contribution in [2.75, 3.05) is 26.3 Å². The van der Waals surface area contributed by atoms with Crippen molar-refractivity contribution in [2.24, 2.45) is 0 Å². The lowest BCUT2D eigenvalue weighted by Gasteiger charge is -2.35. The Labute approximate surface area is 136 Å². The van der Waals surface area contributed by atoms with E-state index in [4.69, 9.17) is 21.4 Å². The highest BCUT2D eigenvalue weighted by molar-refractivity contribution is 6.32. The van der Waals surface area contributed by atoms with Crippen LogP contribution in [0.25, 0.3) is 0 Å². The van der Waals surface area contributed by atoms with E-state index in [1.165, 1.54) is 0 Å². The zero-order valence-electron chi connectivity index (χ0n) is 12.6. The first-order chi connectivity index (χ1) is 10.7. The molecule has 1 aliphatic rings. The van der Waals surface area contributed by atoms with Crippen molar-refractivity contribution in [3.05, 3.63) is 29.3 Å². The summed E-state index contributed by atoms with van der Waals surface area (Å²) in [4.78, 5) is 14.0. The van der Waals surface area contributed by atoms with Gasteiger partial charge in [-0.25, -0.2) is 4.79 Å². The molecule has 1 heterocycles. The summed E-state index contributed by atoms with van der Waals surface area (Å²) in [5, 5.41) is 12.5. The molecule has 1 aromatic carbocycles. The summed E-state index contributed by atoms with van der Waals surface area (Å²) in [5.74, 6) is 0.620. The first kappa shape index (κ1) is 16.9. The Bertz CT molecular complexity index is 482. The van der Waals surface area contributed by atoms with Gasteiger partial charge >= 0.3 is 6.03 Å². The van der Waals surface area contributed by atoms with Crippen LogP contribution < -0.4 is 10.1 Å². The van der Waals surface area contributed by atoms with Crippen LogP contribution >= 0.6 is 11.6 Å². The summed E-state index contributed by atoms with van der Waals surface area (Å²) in [6.45, 7) is 1.66. The van der Waals surface area contributed by atoms with Gasteiger partial charge < -0.3 is 20.1 Å². The summed E-state index contributed by atoms with van der Waals surface area (Å²) in [5.41, 5.74) is 0. The Morgan fingerprint density at radius 1 is 1.41 bits per heavy atom. The van der Waals surface area contributed by atoms with Gasteiger partial charge in [-0.05, 0) is 37.8 Å². The summed E-state index contributed by atoms with van der Waals surface area (Å²) in [7, 11) is 0. The molecule has 2 rings (SSSR count). The predicted octanol–water partition coefficient (Wildman–Crippen LogP) is 2.67. The van der Waals surface area contributed by atoms with E-state index >= 15 is 0 Å². The van der Waals surface area contributed by atoms with Crippen molar-refractivity contribution in [1.82, 2.24) is 10.2 Å². The normalized spacial score (nSPS) is 18.1. The third kappa shape index (κ3) is 4.78. The first-order valence-corrected chi connectivity index (χ1v) is 8.13. The van der Waals surface area contributed by atoms with Gasteiger partial charge in [-0.1, -0.05) is 23.7 Å². The van der Waals surface area contributed by atoms with E-state index in [1.54, 1.807) is 12.1 Å². The van der Waals surface area contributed by atoms with Crippen molar-refractivity contribution >= 4 is 17.6 Å². The van der Waals surface area contributed by atoms with Crippen LogP contribution in [0.1, 0.15) is 25.7 Å². The van der Waals surface area contributed by atoms with Gasteiger partial charge in [-0.2, -0.15) is 0 Å². The highest BCUT2D eigenvalue weighted by atomic mass is 35.5. The number of carbonyl (C=O) groups is 1. The number of amides is 2. The lowest BCUT2D eigenvalue weighted by Crippen LogP contribution is -2.49. The first-order valence-electron chi connectivity index (χ1n) is 7.75. The second-order valence-electron chi connectivity index (χ2n) is 5.37. The number of halogens is 1. The van der Waals surface area contributed by atoms with Gasteiger partial charge in [0.25, 0.3) is 0 Å². The fourth-order valence-corrected chi connectivity index (χ4v) is 2.89. The Kier molecular flexibility index (Phi) is 6.80. The molecule has 22 heavy (non-hydrogen) atoms. The molecule has 1 aromatic rings. The van der Waals surface area contributed by atoms with Gasteiger partial charge in [0.2, 0.25) is 0 Å². The Balaban J connectivity index is 1.74. The number of nitrogens with zero attached hydrogens (tertiary/aromatic N) is 1. The van der Waals surface area contributed by atoms with E-state index in [0.717, 1.165) is 25.8 Å². The Morgan fingerprint density at radius 3 is 3.00 bits per heavy atom. The SMILES string of the molecule is O=C(NCCOc1ccccc1Cl)N1CCCCC1CCO. The topological polar surface area (TPSA) is 61.8 Å². The van der Waals surface area contributed by atoms with Crippen molar-refractivity contribution in [2.45, 2.75) is 31.7 Å². The van der Waals surface area contributed by atoms with Crippen LogP contribution in [0, 0.1) is 0 Å². The fraction of sp³-hybridized carbons (Fsp3) is 0.562. The summed E-state index contributed by atoms with van der Waals surface area (Å²) >= 11 is 6.00. The van der Waals surface area contributed by atoms with Crippen LogP contribution in [0.15, 0.2) is 24.3 Å². The average molecular weight is 327 g/mol. The summed E-state index contributed by atoms with van der Waals surface area (Å²) in [6, 6.07) is 7.32. The predicted molar refractivity (Wildman–Crippen MR) is 86.4 cm³/mol. The number of piperidine rings is 1. The average Bonchev–Trinajstić information content (AvgIpc) is 2.54. The van der Waals surface area contributed by atoms with Gasteiger partial charge in [-0.15, -0.1) is 0 Å². The molecule has 2 N–H and O–H groups in total. The van der Waals surface area contributed by atoms with E-state index in [0.29, 0.717) is 30.3 Å². The maximum Gasteiger partial charge on any atom is 0.317 e. The van der Waals surface area contributed by atoms with E-state index in [1.807, 2.05) is 17.0 Å². The van der Waals surface area contributed by atoms with Crippen molar-refractivity contribution < 1.29 is 14.6 Å². The van der Waals surface area contributed by atoms with Crippen LogP contribution in [-0.4, -0.2) is 48.4 Å². The number of hydrogen-bond donors (Lipinski definition) is 2. The van der Waals surface area contributed by atoms with Crippen LogP contribution in [0.5, 0.6) is 5.75 Å². The van der Waals surface area contributed by atoms with E-state index in [9.17, 15) is 4.79 Å². The quantitative estimate of drug-likeness (QED) is 0.790. The molecule has 0 aromatic heterocycles. The lowest BCUT2D eigenvalue weighted by atomic mass is 10.0. The van der Waals surface area contributed by atoms with Crippen LogP contribution in [0.2, 0.25) is 5.02 Å². The minimum absolute atomic E-state index is 0.0825. The molecule has 0 saturated carbocycles. The minimum Gasteiger partial charge on any atom is -0.490 e. The number of urea groups is 1. The number of carbonyl (C=O) groups excluding carboxylic acids is 1. The summed E-state index contributed by atoms with van der Waals surface area (Å²) < 4.78 is 5.54. The molecular weight excluding hydrogens is 304 g/mol. The molecule has 1 atom stereocenters. The van der Waals surface area contributed by atoms with E-state index < -0.39 is 0 Å². The highest BCUT2D eigenvalue weighted by Gasteiger charge is 2.25. The third-order valence-corrected chi connectivity index (χ3v) is 4.14. The highest BCUT2D eigenvalue weighted by Crippen LogP contribution is 2.23. The molecule has 2 amide bonds.